The molecule has 4 nitrogen and oxygen atoms in total. The van der Waals surface area contributed by atoms with Gasteiger partial charge in [0, 0.05) is 89.0 Å². The summed E-state index contributed by atoms with van der Waals surface area (Å²) in [5.41, 5.74) is 28.5. The van der Waals surface area contributed by atoms with Crippen molar-refractivity contribution in [3.8, 4) is 55.9 Å². The molecule has 17 rings (SSSR count). The maximum absolute atomic E-state index is 2.52. The van der Waals surface area contributed by atoms with E-state index in [1.54, 1.807) is 0 Å². The third-order valence-corrected chi connectivity index (χ3v) is 19.3. The molecule has 0 bridgehead atoms. The Bertz CT molecular complexity index is 4900. The zero-order valence-corrected chi connectivity index (χ0v) is 49.7. The summed E-state index contributed by atoms with van der Waals surface area (Å²) < 4.78 is 5.05. The number of benzene rings is 13. The molecule has 0 fully saturated rings. The molecule has 0 N–H and O–H groups in total. The third-order valence-electron chi connectivity index (χ3n) is 19.3. The van der Waals surface area contributed by atoms with E-state index in [-0.39, 0.29) is 10.8 Å². The number of para-hydroxylation sites is 6. The van der Waals surface area contributed by atoms with E-state index in [1.807, 2.05) is 0 Å². The van der Waals surface area contributed by atoms with Gasteiger partial charge in [-0.2, -0.15) is 0 Å². The first-order valence-electron chi connectivity index (χ1n) is 30.8. The predicted molar refractivity (Wildman–Crippen MR) is 370 cm³/mol. The molecule has 15 aromatic rings. The maximum atomic E-state index is 2.52. The number of rotatable bonds is 10. The van der Waals surface area contributed by atoms with Gasteiger partial charge in [-0.05, 0) is 165 Å². The zero-order chi connectivity index (χ0) is 58.8. The number of fused-ring (bicyclic) bond motifs is 13. The van der Waals surface area contributed by atoms with Gasteiger partial charge in [0.15, 0.2) is 0 Å². The van der Waals surface area contributed by atoms with Gasteiger partial charge in [-0.15, -0.1) is 0 Å². The van der Waals surface area contributed by atoms with Crippen LogP contribution in [0.15, 0.2) is 303 Å². The zero-order valence-electron chi connectivity index (χ0n) is 49.7. The lowest BCUT2D eigenvalue weighted by Gasteiger charge is -2.28. The van der Waals surface area contributed by atoms with Crippen LogP contribution in [-0.2, 0) is 10.8 Å². The normalized spacial score (nSPS) is 13.4. The molecule has 2 aliphatic carbocycles. The Morgan fingerprint density at radius 2 is 0.568 bits per heavy atom. The standard InChI is InChI=1S/C84H62N4/c1-83(2)71-37-21-17-33-65(71)67-51-49-63(53-73(67)83)85(57-25-9-5-10-26-57)61-45-41-55(42-46-61)77-78(56-43-47-62(48-44-56)86(58-27-11-6-12-28-58)64-50-52-68-66-34-18-22-38-72(66)84(3,4)74(68)54-64)80-70-36-20-24-40-76(70)88(60-31-15-8-16-32-60)82(80)81-79(77)69-35-19-23-39-75(69)87(81)59-29-13-7-14-30-59/h5-54H,1-4H3. The number of aromatic nitrogens is 2. The van der Waals surface area contributed by atoms with E-state index < -0.39 is 0 Å². The number of anilines is 6. The smallest absolute Gasteiger partial charge is 0.0795 e. The van der Waals surface area contributed by atoms with Crippen molar-refractivity contribution in [1.82, 2.24) is 9.13 Å². The summed E-state index contributed by atoms with van der Waals surface area (Å²) in [6, 6.07) is 113. The molecule has 13 aromatic carbocycles. The highest BCUT2D eigenvalue weighted by Crippen LogP contribution is 2.56. The molecule has 0 atom stereocenters. The Morgan fingerprint density at radius 3 is 0.966 bits per heavy atom. The Labute approximate surface area is 513 Å². The van der Waals surface area contributed by atoms with Crippen LogP contribution in [-0.4, -0.2) is 9.13 Å². The predicted octanol–water partition coefficient (Wildman–Crippen LogP) is 22.8. The molecule has 2 heterocycles. The van der Waals surface area contributed by atoms with Crippen molar-refractivity contribution in [3.05, 3.63) is 326 Å². The minimum atomic E-state index is -0.152. The van der Waals surface area contributed by atoms with Crippen molar-refractivity contribution in [2.24, 2.45) is 0 Å². The van der Waals surface area contributed by atoms with Gasteiger partial charge in [0.1, 0.15) is 0 Å². The van der Waals surface area contributed by atoms with Gasteiger partial charge in [-0.3, -0.25) is 0 Å². The van der Waals surface area contributed by atoms with Gasteiger partial charge in [0.05, 0.1) is 22.1 Å². The first-order valence-corrected chi connectivity index (χ1v) is 30.8. The second kappa shape index (κ2) is 19.8. The number of hydrogen-bond acceptors (Lipinski definition) is 2. The molecule has 0 aliphatic heterocycles. The van der Waals surface area contributed by atoms with E-state index in [1.165, 1.54) is 77.2 Å². The Balaban J connectivity index is 0.931. The molecule has 88 heavy (non-hydrogen) atoms. The summed E-state index contributed by atoms with van der Waals surface area (Å²) in [5, 5.41) is 4.78. The van der Waals surface area contributed by atoms with E-state index in [2.05, 4.69) is 350 Å². The Morgan fingerprint density at radius 1 is 0.261 bits per heavy atom. The van der Waals surface area contributed by atoms with Crippen LogP contribution in [0, 0.1) is 0 Å². The molecule has 418 valence electrons. The molecular weight excluding hydrogens is 1060 g/mol. The van der Waals surface area contributed by atoms with Crippen molar-refractivity contribution < 1.29 is 0 Å². The molecule has 0 spiro atoms. The highest BCUT2D eigenvalue weighted by molar-refractivity contribution is 6.33. The fraction of sp³-hybridized carbons (Fsp3) is 0.0714. The van der Waals surface area contributed by atoms with E-state index in [4.69, 9.17) is 0 Å². The maximum Gasteiger partial charge on any atom is 0.0795 e. The summed E-state index contributed by atoms with van der Waals surface area (Å²) in [7, 11) is 0. The Hall–Kier alpha value is -10.9. The van der Waals surface area contributed by atoms with Crippen molar-refractivity contribution >= 4 is 77.7 Å². The van der Waals surface area contributed by atoms with E-state index in [9.17, 15) is 0 Å². The average Bonchev–Trinajstić information content (AvgIpc) is 1.54. The van der Waals surface area contributed by atoms with Crippen molar-refractivity contribution in [2.75, 3.05) is 9.80 Å². The molecule has 0 unspecified atom stereocenters. The Kier molecular flexibility index (Phi) is 11.6. The minimum absolute atomic E-state index is 0.152. The molecule has 0 saturated carbocycles. The van der Waals surface area contributed by atoms with Crippen LogP contribution in [0.5, 0.6) is 0 Å². The van der Waals surface area contributed by atoms with Crippen molar-refractivity contribution in [2.45, 2.75) is 38.5 Å². The van der Waals surface area contributed by atoms with E-state index >= 15 is 0 Å². The molecule has 2 aliphatic rings. The fourth-order valence-electron chi connectivity index (χ4n) is 15.2. The largest absolute Gasteiger partial charge is 0.310 e. The monoisotopic (exact) mass is 1130 g/mol. The molecule has 0 amide bonds. The molecule has 4 heteroatoms. The molecule has 0 saturated heterocycles. The topological polar surface area (TPSA) is 16.3 Å². The lowest BCUT2D eigenvalue weighted by atomic mass is 9.82. The SMILES string of the molecule is CC1(C)c2ccccc2-c2ccc(N(c3ccccc3)c3ccc(-c4c(-c5ccc(N(c6ccccc6)c6ccc7c(c6)C(C)(C)c6ccccc6-7)cc5)c5c6ccccc6n(-c6ccccc6)c5c5c4c4ccccc4n5-c4ccccc4)cc3)cc21. The second-order valence-corrected chi connectivity index (χ2v) is 24.8. The summed E-state index contributed by atoms with van der Waals surface area (Å²) in [6.45, 7) is 9.46. The molecular formula is C84H62N4. The highest BCUT2D eigenvalue weighted by atomic mass is 15.1. The van der Waals surface area contributed by atoms with E-state index in [0.29, 0.717) is 0 Å². The minimum Gasteiger partial charge on any atom is -0.310 e. The van der Waals surface area contributed by atoms with Gasteiger partial charge in [0.2, 0.25) is 0 Å². The van der Waals surface area contributed by atoms with Gasteiger partial charge < -0.3 is 18.9 Å². The summed E-state index contributed by atoms with van der Waals surface area (Å²) >= 11 is 0. The lowest BCUT2D eigenvalue weighted by Crippen LogP contribution is -2.16. The van der Waals surface area contributed by atoms with Crippen LogP contribution in [0.2, 0.25) is 0 Å². The molecule has 2 aromatic heterocycles. The van der Waals surface area contributed by atoms with Gasteiger partial charge >= 0.3 is 0 Å². The first kappa shape index (κ1) is 51.5. The quantitative estimate of drug-likeness (QED) is 0.136. The van der Waals surface area contributed by atoms with Crippen LogP contribution >= 0.6 is 0 Å². The van der Waals surface area contributed by atoms with Gasteiger partial charge in [-0.1, -0.05) is 222 Å². The van der Waals surface area contributed by atoms with Crippen LogP contribution in [0.25, 0.3) is 99.5 Å². The number of hydrogen-bond donors (Lipinski definition) is 0. The van der Waals surface area contributed by atoms with Crippen LogP contribution in [0.4, 0.5) is 34.1 Å². The number of nitrogens with zero attached hydrogens (tertiary/aromatic N) is 4. The highest BCUT2D eigenvalue weighted by Gasteiger charge is 2.38. The lowest BCUT2D eigenvalue weighted by molar-refractivity contribution is 0.660. The summed E-state index contributed by atoms with van der Waals surface area (Å²) in [5.74, 6) is 0. The van der Waals surface area contributed by atoms with Gasteiger partial charge in [-0.25, -0.2) is 0 Å². The van der Waals surface area contributed by atoms with Gasteiger partial charge in [0.25, 0.3) is 0 Å². The molecule has 0 radical (unpaired) electrons. The summed E-state index contributed by atoms with van der Waals surface area (Å²) in [6.07, 6.45) is 0. The third kappa shape index (κ3) is 7.71. The van der Waals surface area contributed by atoms with Crippen LogP contribution < -0.4 is 9.80 Å². The summed E-state index contributed by atoms with van der Waals surface area (Å²) in [4.78, 5) is 4.85. The fourth-order valence-corrected chi connectivity index (χ4v) is 15.2. The van der Waals surface area contributed by atoms with Crippen LogP contribution in [0.1, 0.15) is 49.9 Å². The first-order chi connectivity index (χ1) is 43.2. The van der Waals surface area contributed by atoms with Crippen LogP contribution in [0.3, 0.4) is 0 Å². The second-order valence-electron chi connectivity index (χ2n) is 24.8. The van der Waals surface area contributed by atoms with Crippen molar-refractivity contribution in [3.63, 3.8) is 0 Å². The van der Waals surface area contributed by atoms with E-state index in [0.717, 1.165) is 78.7 Å². The van der Waals surface area contributed by atoms with Crippen molar-refractivity contribution in [1.29, 1.82) is 0 Å². The average molecular weight is 1130 g/mol.